The number of nitrogens with one attached hydrogen (secondary N) is 1. The van der Waals surface area contributed by atoms with Crippen LogP contribution >= 0.6 is 0 Å². The first kappa shape index (κ1) is 11.9. The molecule has 0 aliphatic carbocycles. The van der Waals surface area contributed by atoms with Crippen LogP contribution in [0, 0.1) is 0 Å². The Morgan fingerprint density at radius 3 is 2.71 bits per heavy atom. The first-order valence-electron chi connectivity index (χ1n) is 4.87. The molecule has 2 heterocycles. The molecule has 94 valence electrons. The van der Waals surface area contributed by atoms with Gasteiger partial charge in [0.25, 0.3) is 5.56 Å². The van der Waals surface area contributed by atoms with Crippen LogP contribution < -0.4 is 11.2 Å². The predicted molar refractivity (Wildman–Crippen MR) is 51.9 cm³/mol. The summed E-state index contributed by atoms with van der Waals surface area (Å²) in [4.78, 5) is 24.1. The van der Waals surface area contributed by atoms with E-state index in [1.807, 2.05) is 4.98 Å². The van der Waals surface area contributed by atoms with Crippen molar-refractivity contribution >= 4 is 0 Å². The number of aliphatic hydroxyl groups excluding tert-OH is 3. The van der Waals surface area contributed by atoms with E-state index in [0.717, 1.165) is 6.20 Å². The van der Waals surface area contributed by atoms with Crippen LogP contribution in [0.3, 0.4) is 0 Å². The zero-order valence-corrected chi connectivity index (χ0v) is 8.55. The molecule has 0 bridgehead atoms. The molecule has 0 aromatic carbocycles. The number of ether oxygens (including phenoxy) is 1. The molecule has 1 aromatic heterocycles. The number of aromatic nitrogens is 3. The quantitative estimate of drug-likeness (QED) is 0.411. The summed E-state index contributed by atoms with van der Waals surface area (Å²) in [6.45, 7) is 0. The lowest BCUT2D eigenvalue weighted by Gasteiger charge is -2.34. The minimum atomic E-state index is -1.52. The molecule has 0 amide bonds. The SMILES string of the molecule is O=c1cnn([C@@H]2O[C@H](O)[C@H](O)C[C@H]2O)c(=O)[nH]1. The molecular formula is C8H11N3O6. The molecule has 0 spiro atoms. The van der Waals surface area contributed by atoms with Crippen LogP contribution in [0.5, 0.6) is 0 Å². The Kier molecular flexibility index (Phi) is 3.07. The van der Waals surface area contributed by atoms with E-state index in [0.29, 0.717) is 4.68 Å². The number of aliphatic hydroxyl groups is 3. The van der Waals surface area contributed by atoms with Gasteiger partial charge in [0.05, 0.1) is 0 Å². The van der Waals surface area contributed by atoms with Gasteiger partial charge >= 0.3 is 5.69 Å². The fourth-order valence-electron chi connectivity index (χ4n) is 1.57. The Hall–Kier alpha value is -1.55. The molecule has 1 aliphatic rings. The summed E-state index contributed by atoms with van der Waals surface area (Å²) in [5, 5.41) is 31.6. The fraction of sp³-hybridized carbons (Fsp3) is 0.625. The van der Waals surface area contributed by atoms with Gasteiger partial charge in [0.1, 0.15) is 18.4 Å². The van der Waals surface area contributed by atoms with Crippen LogP contribution in [0.4, 0.5) is 0 Å². The molecule has 1 aromatic rings. The number of H-pyrrole nitrogens is 1. The molecule has 0 unspecified atom stereocenters. The van der Waals surface area contributed by atoms with E-state index in [1.165, 1.54) is 0 Å². The number of hydrogen-bond acceptors (Lipinski definition) is 7. The third kappa shape index (κ3) is 2.26. The average molecular weight is 245 g/mol. The standard InChI is InChI=1S/C8H11N3O6/c12-3-1-4(13)7(15)17-6(3)11-8(16)10-5(14)2-9-11/h2-4,6-7,12-13,15H,1H2,(H,10,14,16)/t3-,4-,6-,7+/m1/s1. The number of rotatable bonds is 1. The van der Waals surface area contributed by atoms with Crippen LogP contribution in [-0.2, 0) is 4.74 Å². The highest BCUT2D eigenvalue weighted by atomic mass is 16.6. The Bertz CT molecular complexity index is 510. The zero-order chi connectivity index (χ0) is 12.6. The minimum Gasteiger partial charge on any atom is -0.388 e. The van der Waals surface area contributed by atoms with Gasteiger partial charge in [-0.25, -0.2) is 4.79 Å². The Morgan fingerprint density at radius 2 is 2.06 bits per heavy atom. The Balaban J connectivity index is 2.33. The van der Waals surface area contributed by atoms with Gasteiger partial charge in [-0.2, -0.15) is 9.78 Å². The maximum atomic E-state index is 11.4. The number of aromatic amines is 1. The van der Waals surface area contributed by atoms with E-state index >= 15 is 0 Å². The second-order valence-corrected chi connectivity index (χ2v) is 3.67. The van der Waals surface area contributed by atoms with Crippen LogP contribution in [0.1, 0.15) is 12.6 Å². The lowest BCUT2D eigenvalue weighted by atomic mass is 10.1. The van der Waals surface area contributed by atoms with E-state index in [1.54, 1.807) is 0 Å². The lowest BCUT2D eigenvalue weighted by molar-refractivity contribution is -0.270. The lowest BCUT2D eigenvalue weighted by Crippen LogP contribution is -2.49. The molecule has 17 heavy (non-hydrogen) atoms. The van der Waals surface area contributed by atoms with Gasteiger partial charge in [-0.3, -0.25) is 9.78 Å². The molecular weight excluding hydrogens is 234 g/mol. The van der Waals surface area contributed by atoms with E-state index < -0.39 is 36.0 Å². The zero-order valence-electron chi connectivity index (χ0n) is 8.55. The molecule has 9 nitrogen and oxygen atoms in total. The monoisotopic (exact) mass is 245 g/mol. The summed E-state index contributed by atoms with van der Waals surface area (Å²) >= 11 is 0. The molecule has 0 radical (unpaired) electrons. The van der Waals surface area contributed by atoms with Crippen LogP contribution in [0.2, 0.25) is 0 Å². The molecule has 4 N–H and O–H groups in total. The summed E-state index contributed by atoms with van der Waals surface area (Å²) in [5.74, 6) is 0. The topological polar surface area (TPSA) is 138 Å². The van der Waals surface area contributed by atoms with Crippen LogP contribution in [0.25, 0.3) is 0 Å². The average Bonchev–Trinajstić information content (AvgIpc) is 2.24. The van der Waals surface area contributed by atoms with Crippen molar-refractivity contribution in [3.05, 3.63) is 27.0 Å². The summed E-state index contributed by atoms with van der Waals surface area (Å²) in [5.41, 5.74) is -1.55. The molecule has 1 saturated heterocycles. The summed E-state index contributed by atoms with van der Waals surface area (Å²) in [7, 11) is 0. The van der Waals surface area contributed by atoms with E-state index in [-0.39, 0.29) is 6.42 Å². The minimum absolute atomic E-state index is 0.168. The van der Waals surface area contributed by atoms with Crippen molar-refractivity contribution in [1.29, 1.82) is 0 Å². The van der Waals surface area contributed by atoms with Crippen LogP contribution in [0.15, 0.2) is 15.8 Å². The summed E-state index contributed by atoms with van der Waals surface area (Å²) in [6, 6.07) is 0. The van der Waals surface area contributed by atoms with Crippen LogP contribution in [-0.4, -0.2) is 48.6 Å². The first-order valence-corrected chi connectivity index (χ1v) is 4.87. The van der Waals surface area contributed by atoms with Crippen molar-refractivity contribution in [3.63, 3.8) is 0 Å². The van der Waals surface area contributed by atoms with Crippen molar-refractivity contribution in [3.8, 4) is 0 Å². The van der Waals surface area contributed by atoms with Gasteiger partial charge in [-0.05, 0) is 0 Å². The fourth-order valence-corrected chi connectivity index (χ4v) is 1.57. The number of nitrogens with zero attached hydrogens (tertiary/aromatic N) is 2. The molecule has 0 saturated carbocycles. The number of hydrogen-bond donors (Lipinski definition) is 4. The van der Waals surface area contributed by atoms with Crippen molar-refractivity contribution in [2.75, 3.05) is 0 Å². The normalized spacial score (nSPS) is 33.6. The van der Waals surface area contributed by atoms with E-state index in [9.17, 15) is 24.9 Å². The van der Waals surface area contributed by atoms with Crippen molar-refractivity contribution in [2.45, 2.75) is 31.1 Å². The van der Waals surface area contributed by atoms with Gasteiger partial charge in [0.15, 0.2) is 12.5 Å². The van der Waals surface area contributed by atoms with E-state index in [2.05, 4.69) is 5.10 Å². The van der Waals surface area contributed by atoms with E-state index in [4.69, 9.17) is 4.74 Å². The third-order valence-corrected chi connectivity index (χ3v) is 2.40. The highest BCUT2D eigenvalue weighted by Gasteiger charge is 2.37. The first-order chi connectivity index (χ1) is 7.99. The Labute approximate surface area is 93.9 Å². The maximum Gasteiger partial charge on any atom is 0.347 e. The second kappa shape index (κ2) is 4.37. The van der Waals surface area contributed by atoms with Crippen molar-refractivity contribution in [2.24, 2.45) is 0 Å². The molecule has 4 atom stereocenters. The van der Waals surface area contributed by atoms with Gasteiger partial charge in [0.2, 0.25) is 0 Å². The Morgan fingerprint density at radius 1 is 1.35 bits per heavy atom. The highest BCUT2D eigenvalue weighted by Crippen LogP contribution is 2.24. The van der Waals surface area contributed by atoms with Crippen molar-refractivity contribution in [1.82, 2.24) is 14.8 Å². The highest BCUT2D eigenvalue weighted by molar-refractivity contribution is 4.80. The maximum absolute atomic E-state index is 11.4. The molecule has 1 aliphatic heterocycles. The molecule has 2 rings (SSSR count). The van der Waals surface area contributed by atoms with Gasteiger partial charge in [-0.15, -0.1) is 0 Å². The van der Waals surface area contributed by atoms with Crippen molar-refractivity contribution < 1.29 is 20.1 Å². The smallest absolute Gasteiger partial charge is 0.347 e. The second-order valence-electron chi connectivity index (χ2n) is 3.67. The molecule has 1 fully saturated rings. The molecule has 9 heteroatoms. The largest absolute Gasteiger partial charge is 0.388 e. The summed E-state index contributed by atoms with van der Waals surface area (Å²) < 4.78 is 5.55. The third-order valence-electron chi connectivity index (χ3n) is 2.40. The van der Waals surface area contributed by atoms with Gasteiger partial charge < -0.3 is 20.1 Å². The van der Waals surface area contributed by atoms with Gasteiger partial charge in [0, 0.05) is 6.42 Å². The van der Waals surface area contributed by atoms with Gasteiger partial charge in [-0.1, -0.05) is 0 Å². The predicted octanol–water partition coefficient (Wildman–Crippen LogP) is -3.11. The summed E-state index contributed by atoms with van der Waals surface area (Å²) in [6.07, 6.45) is -4.56.